The van der Waals surface area contributed by atoms with Crippen LogP contribution in [0.2, 0.25) is 0 Å². The first-order chi connectivity index (χ1) is 16.9. The van der Waals surface area contributed by atoms with E-state index in [1.807, 2.05) is 25.1 Å². The van der Waals surface area contributed by atoms with Crippen LogP contribution in [0, 0.1) is 0 Å². The highest BCUT2D eigenvalue weighted by molar-refractivity contribution is 6.45. The third kappa shape index (κ3) is 4.10. The maximum Gasteiger partial charge on any atom is 0.344 e. The van der Waals surface area contributed by atoms with Gasteiger partial charge in [0.25, 0.3) is 17.6 Å². The van der Waals surface area contributed by atoms with Gasteiger partial charge in [-0.05, 0) is 25.1 Å². The van der Waals surface area contributed by atoms with Crippen molar-refractivity contribution in [2.75, 3.05) is 19.6 Å². The van der Waals surface area contributed by atoms with E-state index in [1.54, 1.807) is 23.1 Å². The van der Waals surface area contributed by atoms with E-state index in [2.05, 4.69) is 19.9 Å². The molecule has 0 spiro atoms. The minimum Gasteiger partial charge on any atom is -0.359 e. The Morgan fingerprint density at radius 3 is 2.51 bits per heavy atom. The van der Waals surface area contributed by atoms with Crippen LogP contribution in [0.3, 0.4) is 0 Å². The summed E-state index contributed by atoms with van der Waals surface area (Å²) in [4.78, 5) is 67.3. The van der Waals surface area contributed by atoms with Crippen LogP contribution in [0.5, 0.6) is 0 Å². The molecule has 0 aliphatic carbocycles. The van der Waals surface area contributed by atoms with Gasteiger partial charge in [0.2, 0.25) is 0 Å². The zero-order valence-electron chi connectivity index (χ0n) is 18.9. The lowest BCUT2D eigenvalue weighted by molar-refractivity contribution is -0.130. The Bertz CT molecular complexity index is 1470. The highest BCUT2D eigenvalue weighted by Crippen LogP contribution is 2.27. The third-order valence-corrected chi connectivity index (χ3v) is 6.18. The van der Waals surface area contributed by atoms with Crippen molar-refractivity contribution >= 4 is 28.5 Å². The van der Waals surface area contributed by atoms with E-state index in [9.17, 15) is 19.2 Å². The molecule has 10 heteroatoms. The number of nitrogens with zero attached hydrogens (tertiary/aromatic N) is 4. The molecule has 1 fully saturated rings. The van der Waals surface area contributed by atoms with Gasteiger partial charge in [-0.2, -0.15) is 0 Å². The predicted octanol–water partition coefficient (Wildman–Crippen LogP) is 1.87. The van der Waals surface area contributed by atoms with Gasteiger partial charge >= 0.3 is 5.69 Å². The van der Waals surface area contributed by atoms with Gasteiger partial charge < -0.3 is 19.8 Å². The molecule has 0 radical (unpaired) electrons. The standard InChI is InChI=1S/C25H22N6O4/c1-15-14-30(23(33)16-5-3-2-4-6-16)9-10-31(15)24(34)22(32)19-13-27-21-18(19)7-8-26-20(21)17-11-28-25(35)29-12-17/h2-8,11-13,15,27H,9-10,14H2,1H3,(H,28,29,35). The summed E-state index contributed by atoms with van der Waals surface area (Å²) in [5.41, 5.74) is 1.98. The molecule has 1 unspecified atom stereocenters. The van der Waals surface area contributed by atoms with E-state index in [0.717, 1.165) is 0 Å². The van der Waals surface area contributed by atoms with Crippen molar-refractivity contribution in [2.45, 2.75) is 13.0 Å². The van der Waals surface area contributed by atoms with Gasteiger partial charge in [0.05, 0.1) is 16.8 Å². The average Bonchev–Trinajstić information content (AvgIpc) is 3.33. The van der Waals surface area contributed by atoms with E-state index in [0.29, 0.717) is 40.8 Å². The maximum atomic E-state index is 13.2. The number of pyridine rings is 1. The number of aromatic amines is 2. The van der Waals surface area contributed by atoms with E-state index >= 15 is 0 Å². The van der Waals surface area contributed by atoms with Crippen LogP contribution in [0.15, 0.2) is 66.0 Å². The Morgan fingerprint density at radius 2 is 1.80 bits per heavy atom. The second-order valence-corrected chi connectivity index (χ2v) is 8.39. The first-order valence-corrected chi connectivity index (χ1v) is 11.1. The lowest BCUT2D eigenvalue weighted by Gasteiger charge is -2.39. The van der Waals surface area contributed by atoms with E-state index in [4.69, 9.17) is 0 Å². The number of Topliss-reactive ketones (excluding diaryl/α,β-unsaturated/α-hetero) is 1. The van der Waals surface area contributed by atoms with Gasteiger partial charge in [0, 0.05) is 67.0 Å². The second kappa shape index (κ2) is 8.98. The van der Waals surface area contributed by atoms with Gasteiger partial charge in [0.1, 0.15) is 0 Å². The molecule has 4 aromatic rings. The predicted molar refractivity (Wildman–Crippen MR) is 128 cm³/mol. The molecular weight excluding hydrogens is 448 g/mol. The number of hydrogen-bond acceptors (Lipinski definition) is 6. The quantitative estimate of drug-likeness (QED) is 0.346. The summed E-state index contributed by atoms with van der Waals surface area (Å²) in [7, 11) is 0. The number of H-pyrrole nitrogens is 2. The van der Waals surface area contributed by atoms with Crippen LogP contribution in [-0.4, -0.2) is 73.0 Å². The molecule has 10 nitrogen and oxygen atoms in total. The van der Waals surface area contributed by atoms with E-state index in [1.165, 1.54) is 29.7 Å². The minimum atomic E-state index is -0.636. The Labute approximate surface area is 199 Å². The van der Waals surface area contributed by atoms with Crippen LogP contribution in [0.4, 0.5) is 0 Å². The Morgan fingerprint density at radius 1 is 1.00 bits per heavy atom. The summed E-state index contributed by atoms with van der Waals surface area (Å²) in [6.45, 7) is 2.78. The molecule has 5 rings (SSSR count). The number of amides is 2. The largest absolute Gasteiger partial charge is 0.359 e. The summed E-state index contributed by atoms with van der Waals surface area (Å²) in [6, 6.07) is 10.3. The molecule has 4 heterocycles. The molecule has 1 aliphatic heterocycles. The zero-order chi connectivity index (χ0) is 24.5. The van der Waals surface area contributed by atoms with Crippen molar-refractivity contribution in [1.82, 2.24) is 29.7 Å². The fourth-order valence-corrected chi connectivity index (χ4v) is 4.39. The molecule has 176 valence electrons. The molecule has 35 heavy (non-hydrogen) atoms. The normalized spacial score (nSPS) is 15.9. The van der Waals surface area contributed by atoms with Crippen molar-refractivity contribution in [1.29, 1.82) is 0 Å². The molecule has 0 bridgehead atoms. The summed E-state index contributed by atoms with van der Waals surface area (Å²) < 4.78 is 0. The molecule has 1 aliphatic rings. The van der Waals surface area contributed by atoms with Crippen LogP contribution in [-0.2, 0) is 4.79 Å². The third-order valence-electron chi connectivity index (χ3n) is 6.18. The molecule has 1 atom stereocenters. The van der Waals surface area contributed by atoms with Crippen LogP contribution in [0.1, 0.15) is 27.6 Å². The average molecular weight is 470 g/mol. The van der Waals surface area contributed by atoms with Crippen molar-refractivity contribution in [3.63, 3.8) is 0 Å². The number of nitrogens with one attached hydrogen (secondary N) is 2. The Balaban J connectivity index is 1.35. The summed E-state index contributed by atoms with van der Waals surface area (Å²) in [5.74, 6) is -1.35. The van der Waals surface area contributed by atoms with E-state index in [-0.39, 0.29) is 24.1 Å². The number of benzene rings is 1. The van der Waals surface area contributed by atoms with Crippen molar-refractivity contribution in [3.05, 3.63) is 82.8 Å². The number of aromatic nitrogens is 4. The van der Waals surface area contributed by atoms with Crippen molar-refractivity contribution in [3.8, 4) is 11.3 Å². The molecule has 1 aromatic carbocycles. The Kier molecular flexibility index (Phi) is 5.69. The summed E-state index contributed by atoms with van der Waals surface area (Å²) in [6.07, 6.45) is 5.91. The highest BCUT2D eigenvalue weighted by atomic mass is 16.2. The first kappa shape index (κ1) is 22.2. The van der Waals surface area contributed by atoms with Gasteiger partial charge in [-0.1, -0.05) is 18.2 Å². The molecule has 2 N–H and O–H groups in total. The summed E-state index contributed by atoms with van der Waals surface area (Å²) in [5, 5.41) is 0.546. The number of carbonyl (C=O) groups is 3. The number of ketones is 1. The fraction of sp³-hybridized carbons (Fsp3) is 0.200. The number of fused-ring (bicyclic) bond motifs is 1. The van der Waals surface area contributed by atoms with E-state index < -0.39 is 17.4 Å². The van der Waals surface area contributed by atoms with Gasteiger partial charge in [-0.25, -0.2) is 9.78 Å². The molecule has 3 aromatic heterocycles. The smallest absolute Gasteiger partial charge is 0.344 e. The van der Waals surface area contributed by atoms with Crippen molar-refractivity contribution < 1.29 is 14.4 Å². The second-order valence-electron chi connectivity index (χ2n) is 8.39. The lowest BCUT2D eigenvalue weighted by atomic mass is 10.1. The SMILES string of the molecule is CC1CN(C(=O)c2ccccc2)CCN1C(=O)C(=O)c1c[nH]c2c(-c3cnc(=O)[nH]c3)nccc12. The van der Waals surface area contributed by atoms with Gasteiger partial charge in [-0.3, -0.25) is 19.4 Å². The van der Waals surface area contributed by atoms with Crippen LogP contribution >= 0.6 is 0 Å². The topological polar surface area (TPSA) is 132 Å². The molecule has 1 saturated heterocycles. The Hall–Kier alpha value is -4.60. The maximum absolute atomic E-state index is 13.2. The molecule has 2 amide bonds. The summed E-state index contributed by atoms with van der Waals surface area (Å²) >= 11 is 0. The highest BCUT2D eigenvalue weighted by Gasteiger charge is 2.34. The minimum absolute atomic E-state index is 0.0933. The van der Waals surface area contributed by atoms with Crippen molar-refractivity contribution in [2.24, 2.45) is 0 Å². The van der Waals surface area contributed by atoms with Crippen LogP contribution < -0.4 is 5.69 Å². The zero-order valence-corrected chi connectivity index (χ0v) is 18.9. The monoisotopic (exact) mass is 470 g/mol. The van der Waals surface area contributed by atoms with Crippen LogP contribution in [0.25, 0.3) is 22.2 Å². The first-order valence-electron chi connectivity index (χ1n) is 11.1. The fourth-order valence-electron chi connectivity index (χ4n) is 4.39. The van der Waals surface area contributed by atoms with Gasteiger partial charge in [0.15, 0.2) is 0 Å². The molecule has 0 saturated carbocycles. The lowest BCUT2D eigenvalue weighted by Crippen LogP contribution is -2.56. The molecular formula is C25H22N6O4. The number of piperazine rings is 1. The number of carbonyl (C=O) groups excluding carboxylic acids is 3. The number of hydrogen-bond donors (Lipinski definition) is 2. The number of rotatable bonds is 4. The van der Waals surface area contributed by atoms with Gasteiger partial charge in [-0.15, -0.1) is 0 Å².